The van der Waals surface area contributed by atoms with Crippen molar-refractivity contribution in [3.05, 3.63) is 70.4 Å². The number of aryl methyl sites for hydroxylation is 2. The molecular formula is C23H23NO4. The molecule has 5 heteroatoms. The number of hydrogen-bond donors (Lipinski definition) is 0. The number of carbonyl (C=O) groups is 2. The lowest BCUT2D eigenvalue weighted by Crippen LogP contribution is -2.13. The van der Waals surface area contributed by atoms with Crippen molar-refractivity contribution in [2.75, 3.05) is 7.11 Å². The zero-order chi connectivity index (χ0) is 20.3. The Kier molecular flexibility index (Phi) is 5.73. The molecule has 0 aliphatic heterocycles. The molecule has 3 aromatic rings. The van der Waals surface area contributed by atoms with Crippen molar-refractivity contribution >= 4 is 22.7 Å². The second-order valence-corrected chi connectivity index (χ2v) is 6.59. The highest BCUT2D eigenvalue weighted by Gasteiger charge is 2.20. The minimum atomic E-state index is -0.428. The molecule has 0 spiro atoms. The van der Waals surface area contributed by atoms with Gasteiger partial charge in [-0.05, 0) is 50.1 Å². The summed E-state index contributed by atoms with van der Waals surface area (Å²) >= 11 is 0. The van der Waals surface area contributed by atoms with Gasteiger partial charge in [0.15, 0.2) is 5.78 Å². The number of hydrogen-bond acceptors (Lipinski definition) is 5. The monoisotopic (exact) mass is 377 g/mol. The maximum atomic E-state index is 12.9. The highest BCUT2D eigenvalue weighted by molar-refractivity contribution is 5.98. The number of pyridine rings is 1. The second-order valence-electron chi connectivity index (χ2n) is 6.59. The van der Waals surface area contributed by atoms with Gasteiger partial charge in [-0.1, -0.05) is 25.1 Å². The van der Waals surface area contributed by atoms with Gasteiger partial charge < -0.3 is 9.47 Å². The van der Waals surface area contributed by atoms with Crippen molar-refractivity contribution in [1.82, 2.24) is 4.98 Å². The van der Waals surface area contributed by atoms with Gasteiger partial charge in [-0.25, -0.2) is 4.79 Å². The molecule has 0 saturated carbocycles. The van der Waals surface area contributed by atoms with E-state index in [1.54, 1.807) is 25.3 Å². The van der Waals surface area contributed by atoms with Crippen molar-refractivity contribution in [3.8, 4) is 5.75 Å². The van der Waals surface area contributed by atoms with Crippen LogP contribution in [0.3, 0.4) is 0 Å². The molecule has 0 atom stereocenters. The standard InChI is InChI=1S/C23H23NO4/c1-5-19-22(14(2)18-8-6-7-9-20(18)24-19)23(26)28-13-17-12-16(15(3)25)10-11-21(17)27-4/h6-12H,5,13H2,1-4H3. The van der Waals surface area contributed by atoms with Crippen LogP contribution in [0.1, 0.15) is 51.4 Å². The summed E-state index contributed by atoms with van der Waals surface area (Å²) in [5.74, 6) is 0.0860. The fourth-order valence-electron chi connectivity index (χ4n) is 3.29. The fraction of sp³-hybridized carbons (Fsp3) is 0.261. The molecule has 0 fully saturated rings. The molecule has 1 aromatic heterocycles. The van der Waals surface area contributed by atoms with Gasteiger partial charge in [0, 0.05) is 16.5 Å². The van der Waals surface area contributed by atoms with Crippen LogP contribution in [0, 0.1) is 6.92 Å². The zero-order valence-corrected chi connectivity index (χ0v) is 16.5. The Balaban J connectivity index is 1.93. The largest absolute Gasteiger partial charge is 0.496 e. The number of rotatable bonds is 6. The van der Waals surface area contributed by atoms with E-state index in [2.05, 4.69) is 4.98 Å². The van der Waals surface area contributed by atoms with E-state index >= 15 is 0 Å². The number of para-hydroxylation sites is 1. The number of Topliss-reactive ketones (excluding diaryl/α,β-unsaturated/α-hetero) is 1. The Morgan fingerprint density at radius 1 is 1.11 bits per heavy atom. The Hall–Kier alpha value is -3.21. The number of ketones is 1. The minimum Gasteiger partial charge on any atom is -0.496 e. The van der Waals surface area contributed by atoms with Crippen molar-refractivity contribution in [2.24, 2.45) is 0 Å². The van der Waals surface area contributed by atoms with E-state index in [0.717, 1.165) is 16.5 Å². The summed E-state index contributed by atoms with van der Waals surface area (Å²) in [7, 11) is 1.54. The van der Waals surface area contributed by atoms with Crippen LogP contribution in [0.5, 0.6) is 5.75 Å². The third-order valence-corrected chi connectivity index (χ3v) is 4.81. The number of methoxy groups -OCH3 is 1. The molecule has 0 radical (unpaired) electrons. The first-order valence-electron chi connectivity index (χ1n) is 9.19. The van der Waals surface area contributed by atoms with Crippen LogP contribution in [0.4, 0.5) is 0 Å². The molecule has 1 heterocycles. The maximum absolute atomic E-state index is 12.9. The maximum Gasteiger partial charge on any atom is 0.340 e. The summed E-state index contributed by atoms with van der Waals surface area (Å²) in [6.07, 6.45) is 0.624. The van der Waals surface area contributed by atoms with E-state index in [-0.39, 0.29) is 12.4 Å². The van der Waals surface area contributed by atoms with Gasteiger partial charge in [-0.2, -0.15) is 0 Å². The molecule has 144 valence electrons. The molecule has 3 rings (SSSR count). The fourth-order valence-corrected chi connectivity index (χ4v) is 3.29. The van der Waals surface area contributed by atoms with E-state index in [1.807, 2.05) is 38.1 Å². The summed E-state index contributed by atoms with van der Waals surface area (Å²) in [5, 5.41) is 0.933. The number of ether oxygens (including phenoxy) is 2. The predicted molar refractivity (Wildman–Crippen MR) is 108 cm³/mol. The van der Waals surface area contributed by atoms with Crippen LogP contribution in [-0.4, -0.2) is 23.8 Å². The van der Waals surface area contributed by atoms with Gasteiger partial charge in [0.1, 0.15) is 12.4 Å². The van der Waals surface area contributed by atoms with Gasteiger partial charge in [0.2, 0.25) is 0 Å². The average molecular weight is 377 g/mol. The first-order valence-corrected chi connectivity index (χ1v) is 9.19. The van der Waals surface area contributed by atoms with Crippen molar-refractivity contribution in [2.45, 2.75) is 33.8 Å². The molecule has 5 nitrogen and oxygen atoms in total. The second kappa shape index (κ2) is 8.21. The number of benzene rings is 2. The Morgan fingerprint density at radius 3 is 2.54 bits per heavy atom. The number of fused-ring (bicyclic) bond motifs is 1. The third kappa shape index (κ3) is 3.74. The SMILES string of the molecule is CCc1nc2ccccc2c(C)c1C(=O)OCc1cc(C(C)=O)ccc1OC. The smallest absolute Gasteiger partial charge is 0.340 e. The Morgan fingerprint density at radius 2 is 1.86 bits per heavy atom. The van der Waals surface area contributed by atoms with E-state index in [0.29, 0.717) is 34.6 Å². The molecule has 0 aliphatic rings. The first-order chi connectivity index (χ1) is 13.5. The van der Waals surface area contributed by atoms with Crippen molar-refractivity contribution in [1.29, 1.82) is 0 Å². The summed E-state index contributed by atoms with van der Waals surface area (Å²) in [6, 6.07) is 12.8. The molecule has 0 N–H and O–H groups in total. The average Bonchev–Trinajstić information content (AvgIpc) is 2.71. The van der Waals surface area contributed by atoms with Gasteiger partial charge >= 0.3 is 5.97 Å². The van der Waals surface area contributed by atoms with Crippen LogP contribution in [0.25, 0.3) is 10.9 Å². The van der Waals surface area contributed by atoms with Crippen LogP contribution < -0.4 is 4.74 Å². The van der Waals surface area contributed by atoms with Gasteiger partial charge in [0.05, 0.1) is 23.9 Å². The minimum absolute atomic E-state index is 0.0124. The molecular weight excluding hydrogens is 354 g/mol. The van der Waals surface area contributed by atoms with Gasteiger partial charge in [0.25, 0.3) is 0 Å². The summed E-state index contributed by atoms with van der Waals surface area (Å²) in [4.78, 5) is 29.2. The molecule has 0 unspecified atom stereocenters. The van der Waals surface area contributed by atoms with Crippen molar-refractivity contribution in [3.63, 3.8) is 0 Å². The normalized spacial score (nSPS) is 10.7. The molecule has 0 bridgehead atoms. The van der Waals surface area contributed by atoms with E-state index in [4.69, 9.17) is 9.47 Å². The van der Waals surface area contributed by atoms with Gasteiger partial charge in [-0.15, -0.1) is 0 Å². The highest BCUT2D eigenvalue weighted by atomic mass is 16.5. The molecule has 0 saturated heterocycles. The summed E-state index contributed by atoms with van der Waals surface area (Å²) < 4.78 is 10.9. The molecule has 28 heavy (non-hydrogen) atoms. The third-order valence-electron chi connectivity index (χ3n) is 4.81. The number of carbonyl (C=O) groups excluding carboxylic acids is 2. The molecule has 0 amide bonds. The van der Waals surface area contributed by atoms with Crippen LogP contribution in [0.2, 0.25) is 0 Å². The van der Waals surface area contributed by atoms with E-state index in [1.165, 1.54) is 6.92 Å². The molecule has 0 aliphatic carbocycles. The van der Waals surface area contributed by atoms with E-state index in [9.17, 15) is 9.59 Å². The lowest BCUT2D eigenvalue weighted by Gasteiger charge is -2.14. The van der Waals surface area contributed by atoms with Crippen LogP contribution in [-0.2, 0) is 17.8 Å². The van der Waals surface area contributed by atoms with Crippen LogP contribution >= 0.6 is 0 Å². The quantitative estimate of drug-likeness (QED) is 0.461. The zero-order valence-electron chi connectivity index (χ0n) is 16.5. The highest BCUT2D eigenvalue weighted by Crippen LogP contribution is 2.26. The number of nitrogens with zero attached hydrogens (tertiary/aromatic N) is 1. The Bertz CT molecular complexity index is 1060. The van der Waals surface area contributed by atoms with Crippen molar-refractivity contribution < 1.29 is 19.1 Å². The van der Waals surface area contributed by atoms with Crippen LogP contribution in [0.15, 0.2) is 42.5 Å². The Labute approximate surface area is 164 Å². The summed E-state index contributed by atoms with van der Waals surface area (Å²) in [6.45, 7) is 5.39. The topological polar surface area (TPSA) is 65.5 Å². The predicted octanol–water partition coefficient (Wildman–Crippen LogP) is 4.67. The van der Waals surface area contributed by atoms with Gasteiger partial charge in [-0.3, -0.25) is 9.78 Å². The molecule has 2 aromatic carbocycles. The number of aromatic nitrogens is 1. The summed E-state index contributed by atoms with van der Waals surface area (Å²) in [5.41, 5.74) is 4.13. The van der Waals surface area contributed by atoms with E-state index < -0.39 is 5.97 Å². The number of esters is 1. The lowest BCUT2D eigenvalue weighted by molar-refractivity contribution is 0.0467. The lowest BCUT2D eigenvalue weighted by atomic mass is 10.0. The first kappa shape index (κ1) is 19.5.